The van der Waals surface area contributed by atoms with Crippen molar-refractivity contribution in [1.82, 2.24) is 9.88 Å². The van der Waals surface area contributed by atoms with Crippen LogP contribution >= 0.6 is 22.7 Å². The van der Waals surface area contributed by atoms with Crippen molar-refractivity contribution >= 4 is 51.7 Å². The second kappa shape index (κ2) is 9.77. The number of urea groups is 1. The third kappa shape index (κ3) is 4.98. The first-order valence-corrected chi connectivity index (χ1v) is 12.6. The number of benzene rings is 2. The highest BCUT2D eigenvalue weighted by Crippen LogP contribution is 2.31. The summed E-state index contributed by atoms with van der Waals surface area (Å²) in [4.78, 5) is 34.0. The van der Waals surface area contributed by atoms with E-state index in [1.165, 1.54) is 11.3 Å². The van der Waals surface area contributed by atoms with Gasteiger partial charge in [0.15, 0.2) is 5.01 Å². The standard InChI is InChI=1S/C25H23N5O3S2/c1-33-17-7-5-16(6-8-17)27-25(32)30-11-10-19-22(14-30)35-24(29-19)23(31)28-20-13-15(4-9-18(20)26)21-3-2-12-34-21/h2-9,12-13H,10-11,14,26H2,1H3,(H,27,32)(H,28,31). The number of hydrogen-bond donors (Lipinski definition) is 3. The third-order valence-electron chi connectivity index (χ3n) is 5.66. The van der Waals surface area contributed by atoms with Crippen LogP contribution < -0.4 is 21.1 Å². The van der Waals surface area contributed by atoms with Gasteiger partial charge in [-0.05, 0) is 53.4 Å². The fourth-order valence-corrected chi connectivity index (χ4v) is 5.52. The van der Waals surface area contributed by atoms with Crippen molar-refractivity contribution in [3.8, 4) is 16.2 Å². The molecule has 0 fully saturated rings. The van der Waals surface area contributed by atoms with E-state index in [0.717, 1.165) is 26.8 Å². The van der Waals surface area contributed by atoms with Crippen molar-refractivity contribution in [2.75, 3.05) is 30.0 Å². The zero-order chi connectivity index (χ0) is 24.4. The molecule has 3 heterocycles. The van der Waals surface area contributed by atoms with Gasteiger partial charge in [0.05, 0.1) is 30.7 Å². The zero-order valence-electron chi connectivity index (χ0n) is 18.9. The SMILES string of the molecule is COc1ccc(NC(=O)N2CCc3nc(C(=O)Nc4cc(-c5cccs5)ccc4N)sc3C2)cc1. The maximum atomic E-state index is 13.0. The average Bonchev–Trinajstić information content (AvgIpc) is 3.56. The molecule has 0 aliphatic carbocycles. The molecule has 0 unspecified atom stereocenters. The van der Waals surface area contributed by atoms with E-state index in [9.17, 15) is 9.59 Å². The number of carbonyl (C=O) groups excluding carboxylic acids is 2. The highest BCUT2D eigenvalue weighted by Gasteiger charge is 2.26. The van der Waals surface area contributed by atoms with Crippen molar-refractivity contribution in [3.63, 3.8) is 0 Å². The topological polar surface area (TPSA) is 110 Å². The number of thiazole rings is 1. The Balaban J connectivity index is 1.26. The maximum absolute atomic E-state index is 13.0. The fraction of sp³-hybridized carbons (Fsp3) is 0.160. The molecule has 35 heavy (non-hydrogen) atoms. The first-order chi connectivity index (χ1) is 17.0. The number of methoxy groups -OCH3 is 1. The molecule has 2 aromatic carbocycles. The molecule has 10 heteroatoms. The normalized spacial score (nSPS) is 12.7. The van der Waals surface area contributed by atoms with Crippen LogP contribution in [0.1, 0.15) is 20.4 Å². The molecule has 5 rings (SSSR count). The zero-order valence-corrected chi connectivity index (χ0v) is 20.5. The minimum atomic E-state index is -0.311. The van der Waals surface area contributed by atoms with Gasteiger partial charge in [0.1, 0.15) is 5.75 Å². The summed E-state index contributed by atoms with van der Waals surface area (Å²) >= 11 is 2.92. The number of hydrogen-bond acceptors (Lipinski definition) is 7. The molecule has 0 saturated heterocycles. The van der Waals surface area contributed by atoms with Crippen molar-refractivity contribution in [1.29, 1.82) is 0 Å². The Morgan fingerprint density at radius 2 is 1.94 bits per heavy atom. The predicted molar refractivity (Wildman–Crippen MR) is 140 cm³/mol. The molecule has 3 amide bonds. The lowest BCUT2D eigenvalue weighted by Crippen LogP contribution is -2.38. The maximum Gasteiger partial charge on any atom is 0.322 e. The largest absolute Gasteiger partial charge is 0.497 e. The Morgan fingerprint density at radius 3 is 2.69 bits per heavy atom. The molecular formula is C25H23N5O3S2. The lowest BCUT2D eigenvalue weighted by atomic mass is 10.1. The molecule has 0 bridgehead atoms. The highest BCUT2D eigenvalue weighted by atomic mass is 32.1. The van der Waals surface area contributed by atoms with E-state index in [0.29, 0.717) is 41.6 Å². The van der Waals surface area contributed by atoms with E-state index < -0.39 is 0 Å². The molecular weight excluding hydrogens is 482 g/mol. The summed E-state index contributed by atoms with van der Waals surface area (Å²) in [5, 5.41) is 8.16. The molecule has 8 nitrogen and oxygen atoms in total. The van der Waals surface area contributed by atoms with Crippen LogP contribution in [0, 0.1) is 0 Å². The molecule has 1 aliphatic rings. The molecule has 0 atom stereocenters. The summed E-state index contributed by atoms with van der Waals surface area (Å²) in [6.45, 7) is 0.924. The summed E-state index contributed by atoms with van der Waals surface area (Å²) in [6.07, 6.45) is 0.588. The van der Waals surface area contributed by atoms with Gasteiger partial charge in [-0.1, -0.05) is 12.1 Å². The van der Waals surface area contributed by atoms with Gasteiger partial charge in [0, 0.05) is 28.4 Å². The smallest absolute Gasteiger partial charge is 0.322 e. The van der Waals surface area contributed by atoms with E-state index in [4.69, 9.17) is 10.5 Å². The number of ether oxygens (including phenoxy) is 1. The van der Waals surface area contributed by atoms with Gasteiger partial charge in [-0.2, -0.15) is 0 Å². The number of carbonyl (C=O) groups is 2. The van der Waals surface area contributed by atoms with E-state index in [1.807, 2.05) is 29.6 Å². The van der Waals surface area contributed by atoms with Gasteiger partial charge in [-0.3, -0.25) is 4.79 Å². The molecule has 0 radical (unpaired) electrons. The Kier molecular flexibility index (Phi) is 6.39. The Hall–Kier alpha value is -3.89. The summed E-state index contributed by atoms with van der Waals surface area (Å²) in [7, 11) is 1.60. The third-order valence-corrected chi connectivity index (χ3v) is 7.66. The van der Waals surface area contributed by atoms with Gasteiger partial charge in [-0.15, -0.1) is 22.7 Å². The van der Waals surface area contributed by atoms with Crippen molar-refractivity contribution in [2.24, 2.45) is 0 Å². The minimum absolute atomic E-state index is 0.196. The van der Waals surface area contributed by atoms with Crippen molar-refractivity contribution in [3.05, 3.63) is 75.6 Å². The number of rotatable bonds is 5. The molecule has 4 aromatic rings. The average molecular weight is 506 g/mol. The van der Waals surface area contributed by atoms with Crippen LogP contribution in [0.2, 0.25) is 0 Å². The summed E-state index contributed by atoms with van der Waals surface area (Å²) < 4.78 is 5.15. The number of nitrogen functional groups attached to an aromatic ring is 1. The van der Waals surface area contributed by atoms with Gasteiger partial charge >= 0.3 is 6.03 Å². The summed E-state index contributed by atoms with van der Waals surface area (Å²) in [6, 6.07) is 16.6. The number of aromatic nitrogens is 1. The molecule has 1 aliphatic heterocycles. The first-order valence-electron chi connectivity index (χ1n) is 10.9. The van der Waals surface area contributed by atoms with Crippen LogP contribution in [0.5, 0.6) is 5.75 Å². The van der Waals surface area contributed by atoms with E-state index in [1.54, 1.807) is 53.7 Å². The van der Waals surface area contributed by atoms with E-state index >= 15 is 0 Å². The first kappa shape index (κ1) is 22.9. The Bertz CT molecular complexity index is 1370. The second-order valence-electron chi connectivity index (χ2n) is 7.95. The number of nitrogens with zero attached hydrogens (tertiary/aromatic N) is 2. The van der Waals surface area contributed by atoms with Crippen LogP contribution in [0.3, 0.4) is 0 Å². The number of thiophene rings is 1. The number of amides is 3. The lowest BCUT2D eigenvalue weighted by Gasteiger charge is -2.26. The van der Waals surface area contributed by atoms with Crippen LogP contribution in [0.25, 0.3) is 10.4 Å². The van der Waals surface area contributed by atoms with Gasteiger partial charge in [-0.25, -0.2) is 9.78 Å². The Labute approximate surface area is 210 Å². The summed E-state index contributed by atoms with van der Waals surface area (Å²) in [5.41, 5.74) is 9.68. The van der Waals surface area contributed by atoms with Crippen LogP contribution in [-0.4, -0.2) is 35.5 Å². The quantitative estimate of drug-likeness (QED) is 0.319. The number of fused-ring (bicyclic) bond motifs is 1. The molecule has 4 N–H and O–H groups in total. The van der Waals surface area contributed by atoms with E-state index in [2.05, 4.69) is 15.6 Å². The van der Waals surface area contributed by atoms with Crippen LogP contribution in [0.4, 0.5) is 21.9 Å². The molecule has 0 spiro atoms. The minimum Gasteiger partial charge on any atom is -0.497 e. The van der Waals surface area contributed by atoms with Crippen LogP contribution in [-0.2, 0) is 13.0 Å². The predicted octanol–water partition coefficient (Wildman–Crippen LogP) is 5.30. The summed E-state index contributed by atoms with van der Waals surface area (Å²) in [5.74, 6) is 0.412. The van der Waals surface area contributed by atoms with Crippen molar-refractivity contribution in [2.45, 2.75) is 13.0 Å². The number of nitrogens with two attached hydrogens (primary N) is 1. The number of nitrogens with one attached hydrogen (secondary N) is 2. The highest BCUT2D eigenvalue weighted by molar-refractivity contribution is 7.14. The van der Waals surface area contributed by atoms with Crippen molar-refractivity contribution < 1.29 is 14.3 Å². The second-order valence-corrected chi connectivity index (χ2v) is 9.98. The molecule has 2 aromatic heterocycles. The lowest BCUT2D eigenvalue weighted by molar-refractivity contribution is 0.102. The fourth-order valence-electron chi connectivity index (χ4n) is 3.78. The van der Waals surface area contributed by atoms with E-state index in [-0.39, 0.29) is 11.9 Å². The molecule has 178 valence electrons. The number of anilines is 3. The van der Waals surface area contributed by atoms with Gasteiger partial charge in [0.2, 0.25) is 0 Å². The van der Waals surface area contributed by atoms with Crippen LogP contribution in [0.15, 0.2) is 60.0 Å². The monoisotopic (exact) mass is 505 g/mol. The van der Waals surface area contributed by atoms with Gasteiger partial charge < -0.3 is 26.0 Å². The molecule has 0 saturated carbocycles. The van der Waals surface area contributed by atoms with Gasteiger partial charge in [0.25, 0.3) is 5.91 Å². The Morgan fingerprint density at radius 1 is 1.11 bits per heavy atom.